The highest BCUT2D eigenvalue weighted by atomic mass is 31.2. The fourth-order valence-electron chi connectivity index (χ4n) is 5.23. The van der Waals surface area contributed by atoms with Crippen LogP contribution in [0.2, 0.25) is 0 Å². The Bertz CT molecular complexity index is 1330. The van der Waals surface area contributed by atoms with Gasteiger partial charge in [-0.3, -0.25) is 18.6 Å². The summed E-state index contributed by atoms with van der Waals surface area (Å²) in [6, 6.07) is 0. The van der Waals surface area contributed by atoms with Gasteiger partial charge >= 0.3 is 19.8 Å². The van der Waals surface area contributed by atoms with Crippen LogP contribution in [-0.2, 0) is 32.7 Å². The van der Waals surface area contributed by atoms with Crippen molar-refractivity contribution in [1.82, 2.24) is 0 Å². The van der Waals surface area contributed by atoms with Crippen LogP contribution in [0.4, 0.5) is 0 Å². The predicted octanol–water partition coefficient (Wildman–Crippen LogP) is 8.93. The van der Waals surface area contributed by atoms with Gasteiger partial charge in [-0.15, -0.1) is 0 Å². The summed E-state index contributed by atoms with van der Waals surface area (Å²) in [7, 11) is 1.23. The number of allylic oxidation sites excluding steroid dienone is 12. The van der Waals surface area contributed by atoms with E-state index in [0.29, 0.717) is 17.4 Å². The van der Waals surface area contributed by atoms with Crippen LogP contribution in [0, 0.1) is 0 Å². The number of aliphatic hydroxyl groups excluding tert-OH is 3. The van der Waals surface area contributed by atoms with Crippen molar-refractivity contribution < 1.29 is 57.4 Å². The molecule has 0 amide bonds. The van der Waals surface area contributed by atoms with Crippen molar-refractivity contribution in [2.45, 2.75) is 147 Å². The molecular weight excluding hydrogens is 773 g/mol. The number of ether oxygens (including phenoxy) is 2. The number of quaternary nitrogens is 1. The minimum atomic E-state index is -4.48. The Hall–Kier alpha value is -2.93. The fourth-order valence-corrected chi connectivity index (χ4v) is 5.97. The minimum absolute atomic E-state index is 0.0399. The van der Waals surface area contributed by atoms with E-state index >= 15 is 0 Å². The van der Waals surface area contributed by atoms with Crippen LogP contribution in [0.1, 0.15) is 123 Å². The smallest absolute Gasteiger partial charge is 0.462 e. The number of carbonyl (C=O) groups excluding carboxylic acids is 2. The number of hydrogen-bond donors (Lipinski definition) is 4. The molecule has 4 N–H and O–H groups in total. The number of hydrogen-bond acceptors (Lipinski definition) is 10. The second kappa shape index (κ2) is 36.9. The largest absolute Gasteiger partial charge is 0.472 e. The van der Waals surface area contributed by atoms with Crippen LogP contribution >= 0.6 is 7.82 Å². The van der Waals surface area contributed by atoms with E-state index in [9.17, 15) is 34.4 Å². The number of phosphoric acid groups is 1. The summed E-state index contributed by atoms with van der Waals surface area (Å²) in [5, 5.41) is 30.6. The van der Waals surface area contributed by atoms with E-state index in [-0.39, 0.29) is 38.9 Å². The fraction of sp³-hybridized carbons (Fsp3) is 0.652. The van der Waals surface area contributed by atoms with Gasteiger partial charge in [0, 0.05) is 12.8 Å². The predicted molar refractivity (Wildman–Crippen MR) is 237 cm³/mol. The highest BCUT2D eigenvalue weighted by Gasteiger charge is 2.27. The minimum Gasteiger partial charge on any atom is -0.462 e. The van der Waals surface area contributed by atoms with Crippen LogP contribution in [0.5, 0.6) is 0 Å². The number of nitrogens with zero attached hydrogens (tertiary/aromatic N) is 1. The summed E-state index contributed by atoms with van der Waals surface area (Å²) in [6.45, 7) is 3.75. The molecule has 0 aliphatic carbocycles. The SMILES string of the molecule is CC/C=C\C/C=C\C/C=C\CCCCCCCC(=O)OC[C@H](COP(=O)(O)OCC[N+](C)(C)C)OC(=O)CCC[C@H](O)[C@@H](O)/C=C/C=C/C=C\C=C\[C@@H](O)CCCCC. The van der Waals surface area contributed by atoms with E-state index in [1.807, 2.05) is 21.1 Å². The van der Waals surface area contributed by atoms with Gasteiger partial charge in [-0.05, 0) is 57.8 Å². The maximum atomic E-state index is 12.7. The topological polar surface area (TPSA) is 169 Å². The van der Waals surface area contributed by atoms with Crippen LogP contribution < -0.4 is 0 Å². The second-order valence-electron chi connectivity index (χ2n) is 15.6. The van der Waals surface area contributed by atoms with Crippen molar-refractivity contribution in [3.63, 3.8) is 0 Å². The van der Waals surface area contributed by atoms with Gasteiger partial charge in [0.15, 0.2) is 6.10 Å². The monoisotopic (exact) mass is 853 g/mol. The van der Waals surface area contributed by atoms with E-state index < -0.39 is 50.8 Å². The molecule has 0 saturated heterocycles. The van der Waals surface area contributed by atoms with Crippen LogP contribution in [-0.4, -0.2) is 109 Å². The summed E-state index contributed by atoms with van der Waals surface area (Å²) in [6.07, 6.45) is 35.7. The van der Waals surface area contributed by atoms with Crippen molar-refractivity contribution in [3.05, 3.63) is 85.1 Å². The van der Waals surface area contributed by atoms with Crippen molar-refractivity contribution in [1.29, 1.82) is 0 Å². The summed E-state index contributed by atoms with van der Waals surface area (Å²) in [4.78, 5) is 35.4. The molecular formula is C46H79NO11P+. The molecule has 0 aliphatic heterocycles. The molecule has 338 valence electrons. The molecule has 0 saturated carbocycles. The third-order valence-corrected chi connectivity index (χ3v) is 9.76. The van der Waals surface area contributed by atoms with Crippen molar-refractivity contribution in [2.24, 2.45) is 0 Å². The highest BCUT2D eigenvalue weighted by Crippen LogP contribution is 2.43. The number of rotatable bonds is 37. The quantitative estimate of drug-likeness (QED) is 0.0118. The maximum Gasteiger partial charge on any atom is 0.472 e. The Balaban J connectivity index is 4.76. The van der Waals surface area contributed by atoms with Gasteiger partial charge in [0.2, 0.25) is 0 Å². The van der Waals surface area contributed by atoms with Gasteiger partial charge in [-0.2, -0.15) is 0 Å². The molecule has 0 aliphatic rings. The zero-order chi connectivity index (χ0) is 44.0. The number of esters is 2. The van der Waals surface area contributed by atoms with Gasteiger partial charge in [0.05, 0.1) is 46.1 Å². The molecule has 13 heteroatoms. The van der Waals surface area contributed by atoms with Gasteiger partial charge in [-0.25, -0.2) is 4.57 Å². The Morgan fingerprint density at radius 1 is 0.661 bits per heavy atom. The average molecular weight is 853 g/mol. The molecule has 0 radical (unpaired) electrons. The number of aliphatic hydroxyl groups is 3. The van der Waals surface area contributed by atoms with Crippen LogP contribution in [0.3, 0.4) is 0 Å². The summed E-state index contributed by atoms with van der Waals surface area (Å²) in [5.74, 6) is -1.16. The van der Waals surface area contributed by atoms with Crippen molar-refractivity contribution >= 4 is 19.8 Å². The van der Waals surface area contributed by atoms with E-state index in [4.69, 9.17) is 18.5 Å². The summed E-state index contributed by atoms with van der Waals surface area (Å²) >= 11 is 0. The van der Waals surface area contributed by atoms with Crippen molar-refractivity contribution in [2.75, 3.05) is 47.5 Å². The summed E-state index contributed by atoms with van der Waals surface area (Å²) < 4.78 is 34.0. The van der Waals surface area contributed by atoms with Gasteiger partial charge in [0.25, 0.3) is 0 Å². The van der Waals surface area contributed by atoms with E-state index in [0.717, 1.165) is 77.0 Å². The second-order valence-corrected chi connectivity index (χ2v) is 17.0. The molecule has 0 aromatic rings. The van der Waals surface area contributed by atoms with Crippen LogP contribution in [0.15, 0.2) is 85.1 Å². The molecule has 59 heavy (non-hydrogen) atoms. The van der Waals surface area contributed by atoms with Crippen molar-refractivity contribution in [3.8, 4) is 0 Å². The standard InChI is InChI=1S/C46H78NO11P/c1-6-8-10-11-12-13-14-15-16-17-18-19-20-25-29-35-45(51)55-39-42(40-57-59(53,54)56-38-37-47(3,4)5)58-46(52)36-30-34-44(50)43(49)33-28-24-22-21-23-27-32-41(48)31-26-9-7-2/h8,10,12-13,15-16,21-24,27-28,32-33,41-44,48-50H,6-7,9,11,14,17-20,25-26,29-31,34-40H2,1-5H3/p+1/b10-8-,13-12-,16-15-,23-21-,24-22+,32-27+,33-28+/t41-,42+,43-,44-/m0/s1. The molecule has 12 nitrogen and oxygen atoms in total. The average Bonchev–Trinajstić information content (AvgIpc) is 3.17. The first kappa shape index (κ1) is 56.1. The zero-order valence-corrected chi connectivity index (χ0v) is 37.7. The number of likely N-dealkylation sites (N-methyl/N-ethyl adjacent to an activating group) is 1. The lowest BCUT2D eigenvalue weighted by atomic mass is 10.1. The third kappa shape index (κ3) is 39.0. The van der Waals surface area contributed by atoms with E-state index in [1.165, 1.54) is 6.08 Å². The molecule has 0 bridgehead atoms. The molecule has 1 unspecified atom stereocenters. The number of phosphoric ester groups is 1. The first-order valence-electron chi connectivity index (χ1n) is 21.6. The Morgan fingerprint density at radius 2 is 1.27 bits per heavy atom. The van der Waals surface area contributed by atoms with Gasteiger partial charge in [0.1, 0.15) is 19.8 Å². The Labute approximate surface area is 356 Å². The molecule has 5 atom stereocenters. The first-order valence-corrected chi connectivity index (χ1v) is 23.1. The Kier molecular flexibility index (Phi) is 35.1. The molecule has 0 rings (SSSR count). The number of carbonyl (C=O) groups is 2. The summed E-state index contributed by atoms with van der Waals surface area (Å²) in [5.41, 5.74) is 0. The molecule has 0 fully saturated rings. The molecule has 0 aromatic heterocycles. The lowest BCUT2D eigenvalue weighted by Crippen LogP contribution is -2.37. The van der Waals surface area contributed by atoms with E-state index in [2.05, 4.69) is 50.3 Å². The number of unbranched alkanes of at least 4 members (excludes halogenated alkanes) is 7. The van der Waals surface area contributed by atoms with Gasteiger partial charge < -0.3 is 34.2 Å². The molecule has 0 aromatic carbocycles. The Morgan fingerprint density at radius 3 is 1.95 bits per heavy atom. The molecule has 0 spiro atoms. The highest BCUT2D eigenvalue weighted by molar-refractivity contribution is 7.47. The lowest BCUT2D eigenvalue weighted by Gasteiger charge is -2.24. The lowest BCUT2D eigenvalue weighted by molar-refractivity contribution is -0.870. The first-order chi connectivity index (χ1) is 28.2. The maximum absolute atomic E-state index is 12.7. The normalized spacial score (nSPS) is 16.0. The third-order valence-electron chi connectivity index (χ3n) is 8.78. The van der Waals surface area contributed by atoms with Gasteiger partial charge in [-0.1, -0.05) is 137 Å². The molecule has 0 heterocycles. The zero-order valence-electron chi connectivity index (χ0n) is 36.8. The van der Waals surface area contributed by atoms with Crippen LogP contribution in [0.25, 0.3) is 0 Å². The van der Waals surface area contributed by atoms with E-state index in [1.54, 1.807) is 42.5 Å².